The lowest BCUT2D eigenvalue weighted by atomic mass is 10.2. The number of rotatable bonds is 3. The van der Waals surface area contributed by atoms with Crippen LogP contribution in [0, 0.1) is 6.92 Å². The Bertz CT molecular complexity index is 483. The van der Waals surface area contributed by atoms with E-state index in [4.69, 9.17) is 23.2 Å². The van der Waals surface area contributed by atoms with Crippen LogP contribution in [0.15, 0.2) is 12.1 Å². The quantitative estimate of drug-likeness (QED) is 0.910. The van der Waals surface area contributed by atoms with Crippen molar-refractivity contribution in [2.24, 2.45) is 0 Å². The standard InChI is InChI=1S/C15H20Cl2N2O/c1-11-8-13(17)14(9-12(11)16)18-10-15(20)19-6-4-2-3-5-7-19/h8-9,18H,2-7,10H2,1H3. The SMILES string of the molecule is Cc1cc(Cl)c(NCC(=O)N2CCCCCC2)cc1Cl. The van der Waals surface area contributed by atoms with E-state index in [0.717, 1.165) is 31.5 Å². The molecule has 0 atom stereocenters. The van der Waals surface area contributed by atoms with Gasteiger partial charge in [0.1, 0.15) is 0 Å². The fraction of sp³-hybridized carbons (Fsp3) is 0.533. The van der Waals surface area contributed by atoms with Gasteiger partial charge < -0.3 is 10.2 Å². The minimum absolute atomic E-state index is 0.125. The second kappa shape index (κ2) is 7.19. The van der Waals surface area contributed by atoms with Gasteiger partial charge in [-0.1, -0.05) is 36.0 Å². The number of nitrogens with one attached hydrogen (secondary N) is 1. The van der Waals surface area contributed by atoms with E-state index in [9.17, 15) is 4.79 Å². The molecule has 2 rings (SSSR count). The van der Waals surface area contributed by atoms with Crippen molar-refractivity contribution in [1.29, 1.82) is 0 Å². The highest BCUT2D eigenvalue weighted by Gasteiger charge is 2.15. The maximum Gasteiger partial charge on any atom is 0.241 e. The van der Waals surface area contributed by atoms with E-state index in [2.05, 4.69) is 5.32 Å². The molecule has 1 aromatic carbocycles. The van der Waals surface area contributed by atoms with Crippen molar-refractivity contribution in [3.05, 3.63) is 27.7 Å². The minimum atomic E-state index is 0.125. The second-order valence-corrected chi connectivity index (χ2v) is 6.04. The van der Waals surface area contributed by atoms with E-state index >= 15 is 0 Å². The average molecular weight is 315 g/mol. The van der Waals surface area contributed by atoms with Gasteiger partial charge in [0.25, 0.3) is 0 Å². The van der Waals surface area contributed by atoms with Crippen LogP contribution in [-0.2, 0) is 4.79 Å². The summed E-state index contributed by atoms with van der Waals surface area (Å²) in [7, 11) is 0. The summed E-state index contributed by atoms with van der Waals surface area (Å²) in [5.74, 6) is 0.125. The smallest absolute Gasteiger partial charge is 0.241 e. The molecule has 1 fully saturated rings. The topological polar surface area (TPSA) is 32.3 Å². The van der Waals surface area contributed by atoms with Crippen molar-refractivity contribution in [2.45, 2.75) is 32.6 Å². The highest BCUT2D eigenvalue weighted by atomic mass is 35.5. The third-order valence-corrected chi connectivity index (χ3v) is 4.36. The number of aryl methyl sites for hydroxylation is 1. The van der Waals surface area contributed by atoms with Gasteiger partial charge in [0.15, 0.2) is 0 Å². The maximum atomic E-state index is 12.2. The number of halogens is 2. The van der Waals surface area contributed by atoms with Crippen LogP contribution in [0.5, 0.6) is 0 Å². The van der Waals surface area contributed by atoms with Gasteiger partial charge in [-0.25, -0.2) is 0 Å². The molecule has 3 nitrogen and oxygen atoms in total. The molecule has 1 N–H and O–H groups in total. The first-order chi connectivity index (χ1) is 9.58. The average Bonchev–Trinajstić information content (AvgIpc) is 2.70. The summed E-state index contributed by atoms with van der Waals surface area (Å²) in [6, 6.07) is 3.58. The molecule has 0 unspecified atom stereocenters. The molecule has 1 saturated heterocycles. The molecule has 5 heteroatoms. The molecule has 0 spiro atoms. The number of carbonyl (C=O) groups excluding carboxylic acids is 1. The summed E-state index contributed by atoms with van der Waals surface area (Å²) in [4.78, 5) is 14.1. The molecule has 0 radical (unpaired) electrons. The molecule has 1 aliphatic rings. The van der Waals surface area contributed by atoms with Crippen molar-refractivity contribution in [1.82, 2.24) is 4.90 Å². The fourth-order valence-electron chi connectivity index (χ4n) is 2.38. The molecule has 0 bridgehead atoms. The zero-order valence-corrected chi connectivity index (χ0v) is 13.2. The van der Waals surface area contributed by atoms with E-state index in [1.165, 1.54) is 12.8 Å². The number of hydrogen-bond donors (Lipinski definition) is 1. The Balaban J connectivity index is 1.94. The third-order valence-electron chi connectivity index (χ3n) is 3.64. The van der Waals surface area contributed by atoms with E-state index in [-0.39, 0.29) is 12.5 Å². The zero-order chi connectivity index (χ0) is 14.5. The van der Waals surface area contributed by atoms with Crippen molar-refractivity contribution in [3.8, 4) is 0 Å². The second-order valence-electron chi connectivity index (χ2n) is 5.23. The number of nitrogens with zero attached hydrogens (tertiary/aromatic N) is 1. The van der Waals surface area contributed by atoms with Crippen LogP contribution in [0.4, 0.5) is 5.69 Å². The molecular formula is C15H20Cl2N2O. The Kier molecular flexibility index (Phi) is 5.55. The molecular weight excluding hydrogens is 295 g/mol. The lowest BCUT2D eigenvalue weighted by Crippen LogP contribution is -2.36. The van der Waals surface area contributed by atoms with Crippen LogP contribution in [0.25, 0.3) is 0 Å². The number of anilines is 1. The minimum Gasteiger partial charge on any atom is -0.375 e. The van der Waals surface area contributed by atoms with Gasteiger partial charge in [-0.3, -0.25) is 4.79 Å². The van der Waals surface area contributed by atoms with Crippen LogP contribution in [0.1, 0.15) is 31.2 Å². The van der Waals surface area contributed by atoms with Crippen LogP contribution in [0.3, 0.4) is 0 Å². The summed E-state index contributed by atoms with van der Waals surface area (Å²) in [5.41, 5.74) is 1.64. The van der Waals surface area contributed by atoms with Gasteiger partial charge in [-0.15, -0.1) is 0 Å². The molecule has 1 amide bonds. The fourth-order valence-corrected chi connectivity index (χ4v) is 2.83. The number of amides is 1. The molecule has 0 saturated carbocycles. The molecule has 1 aromatic rings. The van der Waals surface area contributed by atoms with E-state index < -0.39 is 0 Å². The van der Waals surface area contributed by atoms with Crippen molar-refractivity contribution in [2.75, 3.05) is 25.0 Å². The van der Waals surface area contributed by atoms with Crippen molar-refractivity contribution >= 4 is 34.8 Å². The van der Waals surface area contributed by atoms with Gasteiger partial charge in [-0.2, -0.15) is 0 Å². The molecule has 0 aromatic heterocycles. The third kappa shape index (κ3) is 4.03. The van der Waals surface area contributed by atoms with E-state index in [0.29, 0.717) is 15.7 Å². The van der Waals surface area contributed by atoms with Gasteiger partial charge in [0.05, 0.1) is 17.3 Å². The van der Waals surface area contributed by atoms with Gasteiger partial charge in [-0.05, 0) is 37.5 Å². The predicted molar refractivity (Wildman–Crippen MR) is 84.7 cm³/mol. The molecule has 0 aliphatic carbocycles. The normalized spacial score (nSPS) is 15.8. The largest absolute Gasteiger partial charge is 0.375 e. The molecule has 20 heavy (non-hydrogen) atoms. The van der Waals surface area contributed by atoms with Gasteiger partial charge in [0.2, 0.25) is 5.91 Å². The first kappa shape index (κ1) is 15.5. The van der Waals surface area contributed by atoms with Gasteiger partial charge >= 0.3 is 0 Å². The Hall–Kier alpha value is -0.930. The van der Waals surface area contributed by atoms with Crippen LogP contribution in [-0.4, -0.2) is 30.4 Å². The first-order valence-electron chi connectivity index (χ1n) is 7.05. The monoisotopic (exact) mass is 314 g/mol. The van der Waals surface area contributed by atoms with Crippen molar-refractivity contribution in [3.63, 3.8) is 0 Å². The van der Waals surface area contributed by atoms with Gasteiger partial charge in [0, 0.05) is 18.1 Å². The van der Waals surface area contributed by atoms with E-state index in [1.54, 1.807) is 6.07 Å². The lowest BCUT2D eigenvalue weighted by Gasteiger charge is -2.21. The Morgan fingerprint density at radius 2 is 1.80 bits per heavy atom. The summed E-state index contributed by atoms with van der Waals surface area (Å²) < 4.78 is 0. The highest BCUT2D eigenvalue weighted by molar-refractivity contribution is 6.35. The van der Waals surface area contributed by atoms with Crippen LogP contribution >= 0.6 is 23.2 Å². The number of likely N-dealkylation sites (tertiary alicyclic amines) is 1. The summed E-state index contributed by atoms with van der Waals surface area (Å²) in [6.45, 7) is 3.89. The Labute approximate surface area is 130 Å². The number of benzene rings is 1. The first-order valence-corrected chi connectivity index (χ1v) is 7.81. The summed E-state index contributed by atoms with van der Waals surface area (Å²) in [6.07, 6.45) is 4.64. The highest BCUT2D eigenvalue weighted by Crippen LogP contribution is 2.28. The maximum absolute atomic E-state index is 12.2. The molecule has 1 aliphatic heterocycles. The van der Waals surface area contributed by atoms with E-state index in [1.807, 2.05) is 17.9 Å². The lowest BCUT2D eigenvalue weighted by molar-refractivity contribution is -0.129. The van der Waals surface area contributed by atoms with Crippen LogP contribution < -0.4 is 5.32 Å². The summed E-state index contributed by atoms with van der Waals surface area (Å²) >= 11 is 12.2. The number of carbonyl (C=O) groups is 1. The Morgan fingerprint density at radius 3 is 2.45 bits per heavy atom. The molecule has 110 valence electrons. The molecule has 1 heterocycles. The Morgan fingerprint density at radius 1 is 1.15 bits per heavy atom. The predicted octanol–water partition coefficient (Wildman–Crippen LogP) is 4.12. The van der Waals surface area contributed by atoms with Crippen molar-refractivity contribution < 1.29 is 4.79 Å². The zero-order valence-electron chi connectivity index (χ0n) is 11.7. The van der Waals surface area contributed by atoms with Crippen LogP contribution in [0.2, 0.25) is 10.0 Å². The summed E-state index contributed by atoms with van der Waals surface area (Å²) in [5, 5.41) is 4.34. The number of hydrogen-bond acceptors (Lipinski definition) is 2.